The molecule has 1 fully saturated rings. The van der Waals surface area contributed by atoms with Crippen LogP contribution in [0, 0.1) is 34.6 Å². The molecule has 0 N–H and O–H groups in total. The molecule has 31 heavy (non-hydrogen) atoms. The summed E-state index contributed by atoms with van der Waals surface area (Å²) >= 11 is 0. The largest absolute Gasteiger partial charge is 0.352 e. The summed E-state index contributed by atoms with van der Waals surface area (Å²) in [7, 11) is 0. The smallest absolute Gasteiger partial charge is 0.253 e. The molecule has 160 valence electrons. The fourth-order valence-corrected chi connectivity index (χ4v) is 4.07. The van der Waals surface area contributed by atoms with E-state index >= 15 is 0 Å². The first-order valence-corrected chi connectivity index (χ1v) is 10.9. The molecule has 1 aliphatic heterocycles. The molecule has 0 radical (unpaired) electrons. The van der Waals surface area contributed by atoms with Crippen LogP contribution >= 0.6 is 0 Å². The van der Waals surface area contributed by atoms with Crippen molar-refractivity contribution in [2.24, 2.45) is 0 Å². The molecule has 0 unspecified atom stereocenters. The topological polar surface area (TPSA) is 49.3 Å². The number of amides is 1. The highest BCUT2D eigenvalue weighted by Crippen LogP contribution is 2.26. The van der Waals surface area contributed by atoms with Crippen molar-refractivity contribution in [3.05, 3.63) is 75.8 Å². The van der Waals surface area contributed by atoms with Gasteiger partial charge < -0.3 is 9.80 Å². The van der Waals surface area contributed by atoms with E-state index < -0.39 is 0 Å². The number of piperazine rings is 1. The Morgan fingerprint density at radius 3 is 2.03 bits per heavy atom. The summed E-state index contributed by atoms with van der Waals surface area (Å²) in [6.45, 7) is 13.4. The minimum atomic E-state index is 0.106. The van der Waals surface area contributed by atoms with Crippen molar-refractivity contribution in [2.75, 3.05) is 31.1 Å². The average Bonchev–Trinajstić information content (AvgIpc) is 2.78. The fraction of sp³-hybridized carbons (Fsp3) is 0.346. The summed E-state index contributed by atoms with van der Waals surface area (Å²) in [5, 5.41) is 9.00. The lowest BCUT2D eigenvalue weighted by Crippen LogP contribution is -2.49. The van der Waals surface area contributed by atoms with E-state index in [1.807, 2.05) is 42.2 Å². The first-order chi connectivity index (χ1) is 14.8. The molecule has 4 rings (SSSR count). The maximum atomic E-state index is 12.9. The van der Waals surface area contributed by atoms with Gasteiger partial charge in [0.05, 0.1) is 5.69 Å². The van der Waals surface area contributed by atoms with Gasteiger partial charge in [-0.2, -0.15) is 0 Å². The number of benzene rings is 2. The molecule has 0 aliphatic carbocycles. The van der Waals surface area contributed by atoms with E-state index in [0.29, 0.717) is 13.1 Å². The van der Waals surface area contributed by atoms with Crippen LogP contribution in [0.4, 0.5) is 5.82 Å². The minimum absolute atomic E-state index is 0.106. The van der Waals surface area contributed by atoms with Crippen molar-refractivity contribution in [2.45, 2.75) is 34.6 Å². The summed E-state index contributed by atoms with van der Waals surface area (Å²) in [5.41, 5.74) is 8.92. The van der Waals surface area contributed by atoms with Crippen molar-refractivity contribution >= 4 is 11.7 Å². The van der Waals surface area contributed by atoms with Gasteiger partial charge in [0.1, 0.15) is 0 Å². The molecule has 1 aromatic heterocycles. The Bertz CT molecular complexity index is 1110. The summed E-state index contributed by atoms with van der Waals surface area (Å²) in [4.78, 5) is 17.0. The van der Waals surface area contributed by atoms with Crippen LogP contribution in [0.2, 0.25) is 0 Å². The normalized spacial score (nSPS) is 14.1. The van der Waals surface area contributed by atoms with E-state index in [1.165, 1.54) is 22.3 Å². The molecule has 5 heteroatoms. The Morgan fingerprint density at radius 1 is 0.710 bits per heavy atom. The molecule has 0 saturated carbocycles. The number of anilines is 1. The molecule has 2 aromatic carbocycles. The minimum Gasteiger partial charge on any atom is -0.352 e. The van der Waals surface area contributed by atoms with Crippen LogP contribution in [0.3, 0.4) is 0 Å². The van der Waals surface area contributed by atoms with Gasteiger partial charge in [0.25, 0.3) is 5.91 Å². The second-order valence-electron chi connectivity index (χ2n) is 8.61. The molecule has 3 aromatic rings. The van der Waals surface area contributed by atoms with Crippen LogP contribution in [-0.2, 0) is 0 Å². The summed E-state index contributed by atoms with van der Waals surface area (Å²) < 4.78 is 0. The Balaban J connectivity index is 1.43. The number of hydrogen-bond acceptors (Lipinski definition) is 4. The molecule has 2 heterocycles. The molecule has 1 amide bonds. The van der Waals surface area contributed by atoms with Crippen LogP contribution in [0.25, 0.3) is 11.3 Å². The van der Waals surface area contributed by atoms with Gasteiger partial charge in [-0.3, -0.25) is 4.79 Å². The first kappa shape index (κ1) is 21.0. The van der Waals surface area contributed by atoms with Crippen LogP contribution in [0.15, 0.2) is 42.5 Å². The number of nitrogens with zero attached hydrogens (tertiary/aromatic N) is 4. The second-order valence-corrected chi connectivity index (χ2v) is 8.61. The molecular weight excluding hydrogens is 384 g/mol. The van der Waals surface area contributed by atoms with Gasteiger partial charge in [-0.05, 0) is 92.8 Å². The maximum absolute atomic E-state index is 12.9. The first-order valence-electron chi connectivity index (χ1n) is 10.9. The van der Waals surface area contributed by atoms with Crippen LogP contribution in [-0.4, -0.2) is 47.2 Å². The average molecular weight is 415 g/mol. The van der Waals surface area contributed by atoms with Gasteiger partial charge in [0.2, 0.25) is 0 Å². The predicted molar refractivity (Wildman–Crippen MR) is 126 cm³/mol. The zero-order chi connectivity index (χ0) is 22.1. The molecular formula is C26H30N4O. The maximum Gasteiger partial charge on any atom is 0.253 e. The number of carbonyl (C=O) groups excluding carboxylic acids is 1. The summed E-state index contributed by atoms with van der Waals surface area (Å²) in [5.74, 6) is 0.970. The number of carbonyl (C=O) groups is 1. The van der Waals surface area contributed by atoms with Gasteiger partial charge in [-0.15, -0.1) is 10.2 Å². The number of rotatable bonds is 3. The van der Waals surface area contributed by atoms with Crippen molar-refractivity contribution < 1.29 is 4.79 Å². The number of aromatic nitrogens is 2. The lowest BCUT2D eigenvalue weighted by Gasteiger charge is -2.35. The van der Waals surface area contributed by atoms with Crippen molar-refractivity contribution in [3.8, 4) is 11.3 Å². The van der Waals surface area contributed by atoms with Crippen molar-refractivity contribution in [1.29, 1.82) is 0 Å². The van der Waals surface area contributed by atoms with Gasteiger partial charge >= 0.3 is 0 Å². The second kappa shape index (κ2) is 8.50. The SMILES string of the molecule is Cc1ccc(C(=O)N2CCN(c3ccc(-c4cc(C)c(C)cc4C)nn3)CC2)cc1C. The standard InChI is InChI=1S/C26H30N4O/c1-17-6-7-22(15-19(17)3)26(31)30-12-10-29(11-13-30)25-9-8-24(27-28-25)23-16-20(4)18(2)14-21(23)5/h6-9,14-16H,10-13H2,1-5H3. The monoisotopic (exact) mass is 414 g/mol. The van der Waals surface area contributed by atoms with Crippen LogP contribution < -0.4 is 4.90 Å². The van der Waals surface area contributed by atoms with E-state index in [9.17, 15) is 4.79 Å². The number of aryl methyl sites for hydroxylation is 5. The zero-order valence-electron chi connectivity index (χ0n) is 19.1. The quantitative estimate of drug-likeness (QED) is 0.626. The molecule has 0 spiro atoms. The van der Waals surface area contributed by atoms with Gasteiger partial charge in [-0.1, -0.05) is 12.1 Å². The van der Waals surface area contributed by atoms with Crippen LogP contribution in [0.1, 0.15) is 38.2 Å². The van der Waals surface area contributed by atoms with E-state index in [1.54, 1.807) is 0 Å². The van der Waals surface area contributed by atoms with Crippen molar-refractivity contribution in [1.82, 2.24) is 15.1 Å². The molecule has 0 bridgehead atoms. The van der Waals surface area contributed by atoms with Crippen molar-refractivity contribution in [3.63, 3.8) is 0 Å². The van der Waals surface area contributed by atoms with E-state index in [0.717, 1.165) is 41.3 Å². The van der Waals surface area contributed by atoms with Gasteiger partial charge in [0, 0.05) is 37.3 Å². The Morgan fingerprint density at radius 2 is 1.39 bits per heavy atom. The molecule has 0 atom stereocenters. The summed E-state index contributed by atoms with van der Waals surface area (Å²) in [6.07, 6.45) is 0. The molecule has 1 aliphatic rings. The van der Waals surface area contributed by atoms with Gasteiger partial charge in [0.15, 0.2) is 5.82 Å². The number of hydrogen-bond donors (Lipinski definition) is 0. The fourth-order valence-electron chi connectivity index (χ4n) is 4.07. The predicted octanol–water partition coefficient (Wildman–Crippen LogP) is 4.65. The summed E-state index contributed by atoms with van der Waals surface area (Å²) in [6, 6.07) is 14.4. The van der Waals surface area contributed by atoms with E-state index in [2.05, 4.69) is 54.9 Å². The molecule has 5 nitrogen and oxygen atoms in total. The lowest BCUT2D eigenvalue weighted by molar-refractivity contribution is 0.0746. The van der Waals surface area contributed by atoms with E-state index in [4.69, 9.17) is 0 Å². The zero-order valence-corrected chi connectivity index (χ0v) is 19.1. The third kappa shape index (κ3) is 4.31. The third-order valence-corrected chi connectivity index (χ3v) is 6.41. The Hall–Kier alpha value is -3.21. The Labute approximate surface area is 184 Å². The van der Waals surface area contributed by atoms with Gasteiger partial charge in [-0.25, -0.2) is 0 Å². The van der Waals surface area contributed by atoms with Crippen LogP contribution in [0.5, 0.6) is 0 Å². The highest BCUT2D eigenvalue weighted by Gasteiger charge is 2.23. The lowest BCUT2D eigenvalue weighted by atomic mass is 9.99. The molecule has 1 saturated heterocycles. The Kier molecular flexibility index (Phi) is 5.77. The third-order valence-electron chi connectivity index (χ3n) is 6.41. The van der Waals surface area contributed by atoms with E-state index in [-0.39, 0.29) is 5.91 Å². The highest BCUT2D eigenvalue weighted by atomic mass is 16.2. The highest BCUT2D eigenvalue weighted by molar-refractivity contribution is 5.94.